The number of hydrogen-bond donors (Lipinski definition) is 3. The van der Waals surface area contributed by atoms with Gasteiger partial charge in [-0.15, -0.1) is 0 Å². The molecule has 0 bridgehead atoms. The third-order valence-electron chi connectivity index (χ3n) is 4.37. The van der Waals surface area contributed by atoms with Crippen molar-refractivity contribution in [3.63, 3.8) is 0 Å². The zero-order valence-corrected chi connectivity index (χ0v) is 16.2. The molecule has 0 aliphatic rings. The van der Waals surface area contributed by atoms with Crippen LogP contribution >= 0.6 is 0 Å². The number of methoxy groups -OCH3 is 2. The second-order valence-electron chi connectivity index (χ2n) is 6.29. The van der Waals surface area contributed by atoms with Gasteiger partial charge in [-0.2, -0.15) is 13.2 Å². The molecule has 0 saturated carbocycles. The summed E-state index contributed by atoms with van der Waals surface area (Å²) in [6.45, 7) is 1.25. The van der Waals surface area contributed by atoms with Crippen LogP contribution in [0, 0.1) is 11.8 Å². The summed E-state index contributed by atoms with van der Waals surface area (Å²) in [5.74, 6) is -7.24. The summed E-state index contributed by atoms with van der Waals surface area (Å²) in [7, 11) is 1.99. The Kier molecular flexibility index (Phi) is 8.34. The van der Waals surface area contributed by atoms with Crippen molar-refractivity contribution in [2.24, 2.45) is 17.6 Å². The number of esters is 2. The van der Waals surface area contributed by atoms with Crippen molar-refractivity contribution in [3.05, 3.63) is 35.4 Å². The molecule has 0 aliphatic heterocycles. The highest BCUT2D eigenvalue weighted by molar-refractivity contribution is 5.97. The molecular weight excluding hydrogens is 413 g/mol. The van der Waals surface area contributed by atoms with Gasteiger partial charge in [-0.05, 0) is 17.7 Å². The van der Waals surface area contributed by atoms with Crippen molar-refractivity contribution >= 4 is 23.8 Å². The van der Waals surface area contributed by atoms with Crippen LogP contribution in [-0.4, -0.2) is 49.1 Å². The molecule has 9 nitrogen and oxygen atoms in total. The Hall–Kier alpha value is -3.15. The molecule has 4 N–H and O–H groups in total. The van der Waals surface area contributed by atoms with E-state index >= 15 is 0 Å². The third-order valence-corrected chi connectivity index (χ3v) is 4.37. The minimum Gasteiger partial charge on any atom is -0.468 e. The molecule has 1 aromatic carbocycles. The number of alkyl halides is 3. The van der Waals surface area contributed by atoms with E-state index in [0.717, 1.165) is 26.4 Å². The van der Waals surface area contributed by atoms with Gasteiger partial charge in [0, 0.05) is 5.92 Å². The minimum absolute atomic E-state index is 0.186. The highest BCUT2D eigenvalue weighted by Gasteiger charge is 2.42. The SMILES string of the molecule is COC(=O)C(C(=O)OC)[C@H](C)[C@@H](NC(=O)[C@@H](O)c1ccc(C(F)(F)F)cc1)C(N)=O. The van der Waals surface area contributed by atoms with Crippen molar-refractivity contribution in [3.8, 4) is 0 Å². The number of nitrogens with two attached hydrogens (primary N) is 1. The first-order valence-corrected chi connectivity index (χ1v) is 8.45. The lowest BCUT2D eigenvalue weighted by Gasteiger charge is -2.27. The topological polar surface area (TPSA) is 145 Å². The molecule has 0 aliphatic carbocycles. The molecule has 166 valence electrons. The minimum atomic E-state index is -4.60. The van der Waals surface area contributed by atoms with Crippen LogP contribution in [-0.2, 0) is 34.8 Å². The van der Waals surface area contributed by atoms with Crippen LogP contribution in [0.15, 0.2) is 24.3 Å². The van der Waals surface area contributed by atoms with Crippen molar-refractivity contribution in [2.75, 3.05) is 14.2 Å². The number of benzene rings is 1. The Morgan fingerprint density at radius 2 is 1.50 bits per heavy atom. The van der Waals surface area contributed by atoms with Gasteiger partial charge in [0.1, 0.15) is 6.04 Å². The van der Waals surface area contributed by atoms with E-state index in [1.54, 1.807) is 0 Å². The maximum absolute atomic E-state index is 12.6. The van der Waals surface area contributed by atoms with Crippen LogP contribution in [0.1, 0.15) is 24.2 Å². The summed E-state index contributed by atoms with van der Waals surface area (Å²) in [4.78, 5) is 47.9. The second kappa shape index (κ2) is 10.1. The number of carbonyl (C=O) groups is 4. The fourth-order valence-electron chi connectivity index (χ4n) is 2.67. The molecule has 0 spiro atoms. The number of carbonyl (C=O) groups excluding carboxylic acids is 4. The van der Waals surface area contributed by atoms with Crippen LogP contribution in [0.3, 0.4) is 0 Å². The Labute approximate surface area is 169 Å². The first kappa shape index (κ1) is 24.9. The molecule has 0 radical (unpaired) electrons. The van der Waals surface area contributed by atoms with E-state index < -0.39 is 59.5 Å². The van der Waals surface area contributed by atoms with E-state index in [1.165, 1.54) is 6.92 Å². The number of primary amides is 1. The Morgan fingerprint density at radius 1 is 1.03 bits per heavy atom. The van der Waals surface area contributed by atoms with Crippen molar-refractivity contribution < 1.29 is 46.9 Å². The largest absolute Gasteiger partial charge is 0.468 e. The van der Waals surface area contributed by atoms with E-state index in [0.29, 0.717) is 12.1 Å². The van der Waals surface area contributed by atoms with Gasteiger partial charge < -0.3 is 25.6 Å². The molecule has 0 heterocycles. The molecule has 0 aromatic heterocycles. The number of nitrogens with one attached hydrogen (secondary N) is 1. The van der Waals surface area contributed by atoms with Gasteiger partial charge in [0.15, 0.2) is 12.0 Å². The van der Waals surface area contributed by atoms with Crippen LogP contribution < -0.4 is 11.1 Å². The molecule has 3 atom stereocenters. The quantitative estimate of drug-likeness (QED) is 0.394. The van der Waals surface area contributed by atoms with E-state index in [9.17, 15) is 37.5 Å². The Morgan fingerprint density at radius 3 is 1.87 bits per heavy atom. The zero-order valence-electron chi connectivity index (χ0n) is 16.2. The average molecular weight is 434 g/mol. The first-order chi connectivity index (χ1) is 13.8. The molecule has 0 fully saturated rings. The summed E-state index contributed by atoms with van der Waals surface area (Å²) in [5, 5.41) is 12.2. The number of hydrogen-bond acceptors (Lipinski definition) is 7. The lowest BCUT2D eigenvalue weighted by atomic mass is 9.86. The van der Waals surface area contributed by atoms with Crippen LogP contribution in [0.4, 0.5) is 13.2 Å². The van der Waals surface area contributed by atoms with E-state index in [2.05, 4.69) is 14.8 Å². The van der Waals surface area contributed by atoms with Gasteiger partial charge in [-0.25, -0.2) is 0 Å². The second-order valence-corrected chi connectivity index (χ2v) is 6.29. The maximum Gasteiger partial charge on any atom is 0.416 e. The van der Waals surface area contributed by atoms with Crippen LogP contribution in [0.25, 0.3) is 0 Å². The lowest BCUT2D eigenvalue weighted by molar-refractivity contribution is -0.162. The first-order valence-electron chi connectivity index (χ1n) is 8.45. The summed E-state index contributed by atoms with van der Waals surface area (Å²) >= 11 is 0. The fraction of sp³-hybridized carbons (Fsp3) is 0.444. The number of amides is 2. The van der Waals surface area contributed by atoms with Crippen molar-refractivity contribution in [2.45, 2.75) is 25.2 Å². The van der Waals surface area contributed by atoms with Gasteiger partial charge in [0.05, 0.1) is 19.8 Å². The molecule has 1 aromatic rings. The number of aliphatic hydroxyl groups is 1. The molecular formula is C18H21F3N2O7. The predicted octanol–water partition coefficient (Wildman–Crippen LogP) is 0.307. The zero-order chi connectivity index (χ0) is 23.2. The highest BCUT2D eigenvalue weighted by Crippen LogP contribution is 2.30. The molecule has 2 amide bonds. The molecule has 0 unspecified atom stereocenters. The number of ether oxygens (including phenoxy) is 2. The Balaban J connectivity index is 3.06. The van der Waals surface area contributed by atoms with Gasteiger partial charge in [-0.1, -0.05) is 19.1 Å². The van der Waals surface area contributed by atoms with Crippen LogP contribution in [0.2, 0.25) is 0 Å². The third kappa shape index (κ3) is 5.92. The average Bonchev–Trinajstić information content (AvgIpc) is 2.69. The standard InChI is InChI=1S/C18H21F3N2O7/c1-8(11(16(27)29-2)17(28)30-3)12(14(22)25)23-15(26)13(24)9-4-6-10(7-5-9)18(19,20)21/h4-8,11-13,24H,1-3H3,(H2,22,25)(H,23,26)/t8-,12+,13-/m0/s1. The normalized spacial score (nSPS) is 14.4. The van der Waals surface area contributed by atoms with E-state index in [1.807, 2.05) is 0 Å². The van der Waals surface area contributed by atoms with Crippen LogP contribution in [0.5, 0.6) is 0 Å². The van der Waals surface area contributed by atoms with Gasteiger partial charge in [0.25, 0.3) is 5.91 Å². The molecule has 30 heavy (non-hydrogen) atoms. The Bertz CT molecular complexity index is 780. The van der Waals surface area contributed by atoms with Crippen molar-refractivity contribution in [1.29, 1.82) is 0 Å². The molecule has 0 saturated heterocycles. The summed E-state index contributed by atoms with van der Waals surface area (Å²) in [6.07, 6.45) is -6.55. The monoisotopic (exact) mass is 434 g/mol. The van der Waals surface area contributed by atoms with Gasteiger partial charge in [0.2, 0.25) is 5.91 Å². The molecule has 1 rings (SSSR count). The predicted molar refractivity (Wildman–Crippen MR) is 94.2 cm³/mol. The summed E-state index contributed by atoms with van der Waals surface area (Å²) in [6, 6.07) is 1.52. The van der Waals surface area contributed by atoms with E-state index in [-0.39, 0.29) is 5.56 Å². The van der Waals surface area contributed by atoms with Gasteiger partial charge >= 0.3 is 18.1 Å². The summed E-state index contributed by atoms with van der Waals surface area (Å²) < 4.78 is 46.9. The molecule has 12 heteroatoms. The smallest absolute Gasteiger partial charge is 0.416 e. The number of halogens is 3. The maximum atomic E-state index is 12.6. The number of rotatable bonds is 8. The highest BCUT2D eigenvalue weighted by atomic mass is 19.4. The van der Waals surface area contributed by atoms with E-state index in [4.69, 9.17) is 5.73 Å². The van der Waals surface area contributed by atoms with Gasteiger partial charge in [-0.3, -0.25) is 19.2 Å². The van der Waals surface area contributed by atoms with Crippen molar-refractivity contribution in [1.82, 2.24) is 5.32 Å². The lowest BCUT2D eigenvalue weighted by Crippen LogP contribution is -2.53. The fourth-order valence-corrected chi connectivity index (χ4v) is 2.67. The number of aliphatic hydroxyl groups excluding tert-OH is 1. The summed E-state index contributed by atoms with van der Waals surface area (Å²) in [5.41, 5.74) is 4.08.